The number of halogens is 1. The molecule has 1 aliphatic rings. The zero-order chi connectivity index (χ0) is 17.8. The highest BCUT2D eigenvalue weighted by Crippen LogP contribution is 2.19. The first-order valence-corrected chi connectivity index (χ1v) is 9.02. The average molecular weight is 379 g/mol. The van der Waals surface area contributed by atoms with Crippen LogP contribution in [0.1, 0.15) is 10.5 Å². The fourth-order valence-electron chi connectivity index (χ4n) is 2.28. The van der Waals surface area contributed by atoms with E-state index in [1.165, 1.54) is 24.2 Å². The Bertz CT molecular complexity index is 801. The molecule has 2 aromatic heterocycles. The largest absolute Gasteiger partial charge is 0.353 e. The van der Waals surface area contributed by atoms with Crippen molar-refractivity contribution in [1.29, 1.82) is 0 Å². The van der Waals surface area contributed by atoms with E-state index >= 15 is 0 Å². The van der Waals surface area contributed by atoms with Crippen molar-refractivity contribution in [3.63, 3.8) is 0 Å². The van der Waals surface area contributed by atoms with Gasteiger partial charge in [0.1, 0.15) is 5.82 Å². The molecule has 0 bridgehead atoms. The molecule has 0 radical (unpaired) electrons. The van der Waals surface area contributed by atoms with Gasteiger partial charge in [0.25, 0.3) is 5.91 Å². The van der Waals surface area contributed by atoms with Crippen LogP contribution in [-0.4, -0.2) is 52.7 Å². The fraction of sp³-hybridized carbons (Fsp3) is 0.267. The standard InChI is InChI=1S/C15H15ClN6O2S/c1-25-15-19-7-10(16)13(21-15)14(24)20-9-2-3-11(18-6-9)22-5-4-17-12(23)8-22/h2-3,6-7H,4-5,8H2,1H3,(H,17,23)(H,20,24). The van der Waals surface area contributed by atoms with Crippen LogP contribution in [-0.2, 0) is 4.79 Å². The van der Waals surface area contributed by atoms with E-state index in [0.717, 1.165) is 0 Å². The third-order valence-electron chi connectivity index (χ3n) is 3.49. The fourth-order valence-corrected chi connectivity index (χ4v) is 2.80. The maximum Gasteiger partial charge on any atom is 0.276 e. The number of nitrogens with one attached hydrogen (secondary N) is 2. The van der Waals surface area contributed by atoms with E-state index in [-0.39, 0.29) is 23.2 Å². The molecule has 10 heteroatoms. The number of carbonyl (C=O) groups is 2. The number of aromatic nitrogens is 3. The summed E-state index contributed by atoms with van der Waals surface area (Å²) in [6, 6.07) is 3.47. The zero-order valence-electron chi connectivity index (χ0n) is 13.3. The summed E-state index contributed by atoms with van der Waals surface area (Å²) in [5, 5.41) is 6.11. The topological polar surface area (TPSA) is 100 Å². The Labute approximate surface area is 153 Å². The van der Waals surface area contributed by atoms with Crippen LogP contribution in [0.4, 0.5) is 11.5 Å². The first-order valence-electron chi connectivity index (χ1n) is 7.42. The van der Waals surface area contributed by atoms with E-state index in [1.54, 1.807) is 12.1 Å². The van der Waals surface area contributed by atoms with Gasteiger partial charge < -0.3 is 15.5 Å². The molecular weight excluding hydrogens is 364 g/mol. The normalized spacial score (nSPS) is 14.2. The van der Waals surface area contributed by atoms with E-state index in [9.17, 15) is 9.59 Å². The van der Waals surface area contributed by atoms with Gasteiger partial charge in [-0.1, -0.05) is 23.4 Å². The second kappa shape index (κ2) is 7.66. The molecular formula is C15H15ClN6O2S. The number of hydrogen-bond donors (Lipinski definition) is 2. The third kappa shape index (κ3) is 4.18. The molecule has 8 nitrogen and oxygen atoms in total. The van der Waals surface area contributed by atoms with Gasteiger partial charge in [-0.25, -0.2) is 15.0 Å². The predicted octanol–water partition coefficient (Wildman–Crippen LogP) is 1.44. The van der Waals surface area contributed by atoms with Gasteiger partial charge in [-0.3, -0.25) is 9.59 Å². The lowest BCUT2D eigenvalue weighted by Gasteiger charge is -2.27. The molecule has 1 aliphatic heterocycles. The number of amides is 2. The summed E-state index contributed by atoms with van der Waals surface area (Å²) >= 11 is 7.32. The molecule has 0 unspecified atom stereocenters. The van der Waals surface area contributed by atoms with Crippen molar-refractivity contribution < 1.29 is 9.59 Å². The van der Waals surface area contributed by atoms with Crippen LogP contribution >= 0.6 is 23.4 Å². The van der Waals surface area contributed by atoms with Crippen molar-refractivity contribution in [3.8, 4) is 0 Å². The summed E-state index contributed by atoms with van der Waals surface area (Å²) in [6.07, 6.45) is 4.75. The highest BCUT2D eigenvalue weighted by atomic mass is 35.5. The molecule has 25 heavy (non-hydrogen) atoms. The quantitative estimate of drug-likeness (QED) is 0.613. The third-order valence-corrected chi connectivity index (χ3v) is 4.33. The molecule has 130 valence electrons. The Morgan fingerprint density at radius 2 is 2.20 bits per heavy atom. The number of nitrogens with zero attached hydrogens (tertiary/aromatic N) is 4. The number of anilines is 2. The van der Waals surface area contributed by atoms with Crippen LogP contribution in [0.15, 0.2) is 29.7 Å². The Morgan fingerprint density at radius 3 is 2.88 bits per heavy atom. The molecule has 3 rings (SSSR count). The van der Waals surface area contributed by atoms with Gasteiger partial charge in [-0.15, -0.1) is 0 Å². The summed E-state index contributed by atoms with van der Waals surface area (Å²) in [5.74, 6) is 0.209. The summed E-state index contributed by atoms with van der Waals surface area (Å²) in [5.41, 5.74) is 0.619. The predicted molar refractivity (Wildman–Crippen MR) is 96.2 cm³/mol. The molecule has 0 spiro atoms. The lowest BCUT2D eigenvalue weighted by Crippen LogP contribution is -2.48. The van der Waals surface area contributed by atoms with Crippen LogP contribution in [0.2, 0.25) is 5.02 Å². The maximum absolute atomic E-state index is 12.3. The molecule has 0 aromatic carbocycles. The average Bonchev–Trinajstić information content (AvgIpc) is 2.62. The molecule has 0 atom stereocenters. The van der Waals surface area contributed by atoms with Crippen molar-refractivity contribution in [1.82, 2.24) is 20.3 Å². The van der Waals surface area contributed by atoms with Crippen LogP contribution in [0.25, 0.3) is 0 Å². The number of thioether (sulfide) groups is 1. The Kier molecular flexibility index (Phi) is 5.34. The number of pyridine rings is 1. The van der Waals surface area contributed by atoms with Crippen molar-refractivity contribution in [2.75, 3.05) is 36.1 Å². The van der Waals surface area contributed by atoms with Gasteiger partial charge in [0.15, 0.2) is 10.9 Å². The molecule has 0 saturated carbocycles. The van der Waals surface area contributed by atoms with Gasteiger partial charge in [0.2, 0.25) is 5.91 Å². The Hall–Kier alpha value is -2.39. The minimum absolute atomic E-state index is 0.0339. The molecule has 1 fully saturated rings. The first-order chi connectivity index (χ1) is 12.1. The Morgan fingerprint density at radius 1 is 1.36 bits per heavy atom. The van der Waals surface area contributed by atoms with Gasteiger partial charge in [0, 0.05) is 13.1 Å². The van der Waals surface area contributed by atoms with Crippen molar-refractivity contribution in [2.24, 2.45) is 0 Å². The van der Waals surface area contributed by atoms with E-state index in [2.05, 4.69) is 25.6 Å². The number of carbonyl (C=O) groups excluding carboxylic acids is 2. The number of piperazine rings is 1. The second-order valence-corrected chi connectivity index (χ2v) is 6.36. The monoisotopic (exact) mass is 378 g/mol. The second-order valence-electron chi connectivity index (χ2n) is 5.18. The van der Waals surface area contributed by atoms with Gasteiger partial charge in [-0.05, 0) is 18.4 Å². The number of hydrogen-bond acceptors (Lipinski definition) is 7. The van der Waals surface area contributed by atoms with E-state index in [1.807, 2.05) is 11.2 Å². The molecule has 2 N–H and O–H groups in total. The summed E-state index contributed by atoms with van der Waals surface area (Å²) in [6.45, 7) is 1.55. The summed E-state index contributed by atoms with van der Waals surface area (Å²) in [7, 11) is 0. The van der Waals surface area contributed by atoms with Crippen molar-refractivity contribution in [3.05, 3.63) is 35.2 Å². The molecule has 0 aliphatic carbocycles. The van der Waals surface area contributed by atoms with Crippen LogP contribution in [0, 0.1) is 0 Å². The summed E-state index contributed by atoms with van der Waals surface area (Å²) < 4.78 is 0. The van der Waals surface area contributed by atoms with Gasteiger partial charge in [-0.2, -0.15) is 0 Å². The van der Waals surface area contributed by atoms with E-state index in [4.69, 9.17) is 11.6 Å². The molecule has 2 aromatic rings. The molecule has 1 saturated heterocycles. The highest BCUT2D eigenvalue weighted by molar-refractivity contribution is 7.98. The smallest absolute Gasteiger partial charge is 0.276 e. The maximum atomic E-state index is 12.3. The van der Waals surface area contributed by atoms with Crippen LogP contribution < -0.4 is 15.5 Å². The van der Waals surface area contributed by atoms with Crippen molar-refractivity contribution in [2.45, 2.75) is 5.16 Å². The van der Waals surface area contributed by atoms with E-state index < -0.39 is 5.91 Å². The Balaban J connectivity index is 1.71. The minimum Gasteiger partial charge on any atom is -0.353 e. The SMILES string of the molecule is CSc1ncc(Cl)c(C(=O)Nc2ccc(N3CCNC(=O)C3)nc2)n1. The summed E-state index contributed by atoms with van der Waals surface area (Å²) in [4.78, 5) is 38.1. The lowest BCUT2D eigenvalue weighted by molar-refractivity contribution is -0.120. The minimum atomic E-state index is -0.436. The van der Waals surface area contributed by atoms with Gasteiger partial charge >= 0.3 is 0 Å². The molecule has 2 amide bonds. The van der Waals surface area contributed by atoms with Gasteiger partial charge in [0.05, 0.1) is 29.6 Å². The van der Waals surface area contributed by atoms with Crippen LogP contribution in [0.3, 0.4) is 0 Å². The number of rotatable bonds is 4. The lowest BCUT2D eigenvalue weighted by atomic mass is 10.3. The highest BCUT2D eigenvalue weighted by Gasteiger charge is 2.18. The zero-order valence-corrected chi connectivity index (χ0v) is 14.9. The van der Waals surface area contributed by atoms with E-state index in [0.29, 0.717) is 29.8 Å². The molecule has 3 heterocycles. The van der Waals surface area contributed by atoms with Crippen molar-refractivity contribution >= 4 is 46.7 Å². The van der Waals surface area contributed by atoms with Crippen LogP contribution in [0.5, 0.6) is 0 Å². The first kappa shape index (κ1) is 17.4.